The number of ether oxygens (including phenoxy) is 1. The number of esters is 1. The lowest BCUT2D eigenvalue weighted by molar-refractivity contribution is 0.0456. The van der Waals surface area contributed by atoms with E-state index in [9.17, 15) is 13.2 Å². The third-order valence-corrected chi connectivity index (χ3v) is 3.72. The number of nitrogens with zero attached hydrogens (tertiary/aromatic N) is 4. The zero-order chi connectivity index (χ0) is 16.2. The van der Waals surface area contributed by atoms with E-state index in [4.69, 9.17) is 9.88 Å². The minimum absolute atomic E-state index is 0.0667. The van der Waals surface area contributed by atoms with Gasteiger partial charge in [0.25, 0.3) is 0 Å². The highest BCUT2D eigenvalue weighted by atomic mass is 32.2. The summed E-state index contributed by atoms with van der Waals surface area (Å²) >= 11 is 0. The second-order valence-corrected chi connectivity index (χ2v) is 6.03. The van der Waals surface area contributed by atoms with Crippen LogP contribution in [0.3, 0.4) is 0 Å². The van der Waals surface area contributed by atoms with Gasteiger partial charge in [0.2, 0.25) is 10.0 Å². The van der Waals surface area contributed by atoms with Gasteiger partial charge < -0.3 is 4.74 Å². The van der Waals surface area contributed by atoms with E-state index in [0.717, 1.165) is 6.42 Å². The van der Waals surface area contributed by atoms with Gasteiger partial charge in [0, 0.05) is 6.54 Å². The molecule has 2 N–H and O–H groups in total. The van der Waals surface area contributed by atoms with Gasteiger partial charge in [-0.3, -0.25) is 0 Å². The Bertz CT molecular complexity index is 754. The molecule has 0 bridgehead atoms. The van der Waals surface area contributed by atoms with Crippen LogP contribution in [0.5, 0.6) is 0 Å². The normalized spacial score (nSPS) is 11.4. The molecule has 2 aromatic rings. The number of nitrogens with two attached hydrogens (primary N) is 1. The molecule has 118 valence electrons. The topological polar surface area (TPSA) is 130 Å². The summed E-state index contributed by atoms with van der Waals surface area (Å²) in [7, 11) is -3.79. The molecule has 22 heavy (non-hydrogen) atoms. The van der Waals surface area contributed by atoms with Crippen LogP contribution in [0.25, 0.3) is 0 Å². The predicted octanol–water partition coefficient (Wildman–Crippen LogP) is 0.0875. The van der Waals surface area contributed by atoms with Crippen molar-refractivity contribution in [3.63, 3.8) is 0 Å². The number of hydrogen-bond donors (Lipinski definition) is 1. The Balaban J connectivity index is 2.02. The molecule has 1 aromatic heterocycles. The molecular weight excluding hydrogens is 310 g/mol. The predicted molar refractivity (Wildman–Crippen MR) is 75.0 cm³/mol. The van der Waals surface area contributed by atoms with Crippen molar-refractivity contribution in [1.29, 1.82) is 0 Å². The number of aryl methyl sites for hydroxylation is 1. The largest absolute Gasteiger partial charge is 0.454 e. The Kier molecular flexibility index (Phi) is 4.83. The first-order valence-electron chi connectivity index (χ1n) is 6.47. The van der Waals surface area contributed by atoms with Gasteiger partial charge >= 0.3 is 5.97 Å². The van der Waals surface area contributed by atoms with Gasteiger partial charge in [-0.05, 0) is 41.1 Å². The molecule has 0 fully saturated rings. The van der Waals surface area contributed by atoms with E-state index >= 15 is 0 Å². The minimum Gasteiger partial charge on any atom is -0.454 e. The van der Waals surface area contributed by atoms with Crippen LogP contribution in [-0.2, 0) is 27.9 Å². The van der Waals surface area contributed by atoms with Crippen LogP contribution in [0, 0.1) is 0 Å². The van der Waals surface area contributed by atoms with Crippen molar-refractivity contribution in [2.75, 3.05) is 0 Å². The SMILES string of the molecule is CCCn1nnnc1COC(=O)c1ccc(S(N)(=O)=O)cc1. The van der Waals surface area contributed by atoms with E-state index in [1.807, 2.05) is 6.92 Å². The standard InChI is InChI=1S/C12H15N5O4S/c1-2-7-17-11(14-15-16-17)8-21-12(18)9-3-5-10(6-4-9)22(13,19)20/h3-6H,2,7-8H2,1H3,(H2,13,19,20). The van der Waals surface area contributed by atoms with Crippen LogP contribution in [0.15, 0.2) is 29.2 Å². The second kappa shape index (κ2) is 6.62. The molecular formula is C12H15N5O4S. The molecule has 0 aliphatic heterocycles. The third kappa shape index (κ3) is 3.86. The maximum absolute atomic E-state index is 11.9. The number of primary sulfonamides is 1. The maximum Gasteiger partial charge on any atom is 0.338 e. The first-order valence-corrected chi connectivity index (χ1v) is 8.01. The fourth-order valence-corrected chi connectivity index (χ4v) is 2.22. The smallest absolute Gasteiger partial charge is 0.338 e. The molecule has 0 aliphatic rings. The Morgan fingerprint density at radius 2 is 2.00 bits per heavy atom. The highest BCUT2D eigenvalue weighted by Crippen LogP contribution is 2.10. The fourth-order valence-electron chi connectivity index (χ4n) is 1.71. The monoisotopic (exact) mass is 325 g/mol. The lowest BCUT2D eigenvalue weighted by Gasteiger charge is -2.05. The number of hydrogen-bond acceptors (Lipinski definition) is 7. The van der Waals surface area contributed by atoms with Gasteiger partial charge in [0.15, 0.2) is 12.4 Å². The summed E-state index contributed by atoms with van der Waals surface area (Å²) < 4.78 is 28.9. The summed E-state index contributed by atoms with van der Waals surface area (Å²) in [5.74, 6) is -0.164. The molecule has 1 heterocycles. The number of tetrazole rings is 1. The zero-order valence-corrected chi connectivity index (χ0v) is 12.7. The van der Waals surface area contributed by atoms with Crippen LogP contribution in [0.4, 0.5) is 0 Å². The van der Waals surface area contributed by atoms with Crippen molar-refractivity contribution in [3.05, 3.63) is 35.7 Å². The molecule has 1 aromatic carbocycles. The number of sulfonamides is 1. The molecule has 0 atom stereocenters. The quantitative estimate of drug-likeness (QED) is 0.745. The maximum atomic E-state index is 11.9. The Labute approximate surface area is 127 Å². The highest BCUT2D eigenvalue weighted by molar-refractivity contribution is 7.89. The summed E-state index contributed by atoms with van der Waals surface area (Å²) in [5, 5.41) is 16.1. The lowest BCUT2D eigenvalue weighted by Crippen LogP contribution is -2.13. The van der Waals surface area contributed by atoms with Gasteiger partial charge in [-0.15, -0.1) is 5.10 Å². The zero-order valence-electron chi connectivity index (χ0n) is 11.8. The summed E-state index contributed by atoms with van der Waals surface area (Å²) in [6, 6.07) is 5.15. The first kappa shape index (κ1) is 16.0. The molecule has 0 radical (unpaired) electrons. The number of carbonyl (C=O) groups is 1. The van der Waals surface area contributed by atoms with Gasteiger partial charge in [0.1, 0.15) is 0 Å². The van der Waals surface area contributed by atoms with Crippen molar-refractivity contribution < 1.29 is 17.9 Å². The van der Waals surface area contributed by atoms with E-state index in [-0.39, 0.29) is 17.1 Å². The number of benzene rings is 1. The molecule has 0 amide bonds. The Morgan fingerprint density at radius 3 is 2.59 bits per heavy atom. The van der Waals surface area contributed by atoms with Gasteiger partial charge in [-0.2, -0.15) is 0 Å². The molecule has 0 spiro atoms. The number of aromatic nitrogens is 4. The average Bonchev–Trinajstić information content (AvgIpc) is 2.92. The first-order chi connectivity index (χ1) is 10.4. The Hall–Kier alpha value is -2.33. The summed E-state index contributed by atoms with van der Waals surface area (Å²) in [5.41, 5.74) is 0.210. The van der Waals surface area contributed by atoms with Crippen LogP contribution >= 0.6 is 0 Å². The molecule has 0 unspecified atom stereocenters. The van der Waals surface area contributed by atoms with Crippen molar-refractivity contribution in [1.82, 2.24) is 20.2 Å². The third-order valence-electron chi connectivity index (χ3n) is 2.79. The highest BCUT2D eigenvalue weighted by Gasteiger charge is 2.13. The molecule has 0 saturated heterocycles. The summed E-state index contributed by atoms with van der Waals surface area (Å²) in [6.07, 6.45) is 0.848. The molecule has 2 rings (SSSR count). The van der Waals surface area contributed by atoms with Crippen molar-refractivity contribution >= 4 is 16.0 Å². The fraction of sp³-hybridized carbons (Fsp3) is 0.333. The second-order valence-electron chi connectivity index (χ2n) is 4.46. The molecule has 0 saturated carbocycles. The average molecular weight is 325 g/mol. The van der Waals surface area contributed by atoms with Crippen molar-refractivity contribution in [2.24, 2.45) is 5.14 Å². The van der Waals surface area contributed by atoms with E-state index in [2.05, 4.69) is 15.5 Å². The van der Waals surface area contributed by atoms with Crippen LogP contribution in [0.2, 0.25) is 0 Å². The van der Waals surface area contributed by atoms with E-state index in [1.54, 1.807) is 4.68 Å². The van der Waals surface area contributed by atoms with Gasteiger partial charge in [-0.25, -0.2) is 23.0 Å². The van der Waals surface area contributed by atoms with Gasteiger partial charge in [0.05, 0.1) is 10.5 Å². The van der Waals surface area contributed by atoms with Gasteiger partial charge in [-0.1, -0.05) is 6.92 Å². The van der Waals surface area contributed by atoms with Crippen LogP contribution < -0.4 is 5.14 Å². The van der Waals surface area contributed by atoms with Crippen LogP contribution in [0.1, 0.15) is 29.5 Å². The van der Waals surface area contributed by atoms with Crippen LogP contribution in [-0.4, -0.2) is 34.6 Å². The lowest BCUT2D eigenvalue weighted by atomic mass is 10.2. The van der Waals surface area contributed by atoms with Crippen molar-refractivity contribution in [2.45, 2.75) is 31.4 Å². The molecule has 10 heteroatoms. The summed E-state index contributed by atoms with van der Waals surface area (Å²) in [4.78, 5) is 11.8. The summed E-state index contributed by atoms with van der Waals surface area (Å²) in [6.45, 7) is 2.54. The van der Waals surface area contributed by atoms with E-state index < -0.39 is 16.0 Å². The van der Waals surface area contributed by atoms with E-state index in [0.29, 0.717) is 12.4 Å². The number of rotatable bonds is 6. The molecule has 0 aliphatic carbocycles. The molecule has 9 nitrogen and oxygen atoms in total. The number of carbonyl (C=O) groups excluding carboxylic acids is 1. The van der Waals surface area contributed by atoms with Crippen molar-refractivity contribution in [3.8, 4) is 0 Å². The Morgan fingerprint density at radius 1 is 1.32 bits per heavy atom. The minimum atomic E-state index is -3.79. The van der Waals surface area contributed by atoms with E-state index in [1.165, 1.54) is 24.3 Å².